The van der Waals surface area contributed by atoms with Crippen LogP contribution in [-0.4, -0.2) is 23.0 Å². The Bertz CT molecular complexity index is 382. The molecule has 0 heterocycles. The second kappa shape index (κ2) is 19.3. The first-order valence-electron chi connectivity index (χ1n) is 12.0. The first-order valence-corrected chi connectivity index (χ1v) is 12.0. The number of hydrogen-bond donors (Lipinski definition) is 2. The molecule has 0 aliphatic carbocycles. The van der Waals surface area contributed by atoms with Crippen LogP contribution in [0, 0.1) is 5.92 Å². The van der Waals surface area contributed by atoms with Crippen molar-refractivity contribution in [2.75, 3.05) is 0 Å². The molecule has 28 heavy (non-hydrogen) atoms. The van der Waals surface area contributed by atoms with Crippen molar-refractivity contribution in [2.24, 2.45) is 5.92 Å². The molecule has 166 valence electrons. The maximum absolute atomic E-state index is 12.0. The molecule has 0 aromatic carbocycles. The fourth-order valence-corrected chi connectivity index (χ4v) is 3.56. The van der Waals surface area contributed by atoms with Gasteiger partial charge in [-0.25, -0.2) is 4.79 Å². The summed E-state index contributed by atoms with van der Waals surface area (Å²) in [6, 6.07) is -0.728. The van der Waals surface area contributed by atoms with Crippen molar-refractivity contribution in [1.29, 1.82) is 0 Å². The van der Waals surface area contributed by atoms with Gasteiger partial charge >= 0.3 is 5.97 Å². The fourth-order valence-electron chi connectivity index (χ4n) is 3.56. The highest BCUT2D eigenvalue weighted by atomic mass is 16.4. The van der Waals surface area contributed by atoms with Gasteiger partial charge in [-0.05, 0) is 18.8 Å². The minimum Gasteiger partial charge on any atom is -0.480 e. The van der Waals surface area contributed by atoms with E-state index in [0.717, 1.165) is 25.7 Å². The lowest BCUT2D eigenvalue weighted by molar-refractivity contribution is -0.142. The Kier molecular flexibility index (Phi) is 18.5. The molecule has 0 fully saturated rings. The number of hydrogen-bond acceptors (Lipinski definition) is 2. The minimum absolute atomic E-state index is 0.111. The number of amides is 1. The fraction of sp³-hybridized carbons (Fsp3) is 0.917. The van der Waals surface area contributed by atoms with Crippen LogP contribution in [0.25, 0.3) is 0 Å². The van der Waals surface area contributed by atoms with E-state index in [2.05, 4.69) is 26.1 Å². The van der Waals surface area contributed by atoms with Gasteiger partial charge in [0.05, 0.1) is 0 Å². The van der Waals surface area contributed by atoms with Crippen LogP contribution >= 0.6 is 0 Å². The third-order valence-electron chi connectivity index (χ3n) is 5.41. The standard InChI is InChI=1S/C24H47NO3/c1-4-5-6-7-8-9-10-11-12-13-14-15-16-20-23(26)25-22(24(27)28)19-17-18-21(2)3/h21-22H,4-20H2,1-3H3,(H,25,26)(H,27,28)/t22-/m1/s1. The monoisotopic (exact) mass is 397 g/mol. The lowest BCUT2D eigenvalue weighted by Gasteiger charge is -2.15. The zero-order valence-electron chi connectivity index (χ0n) is 18.9. The van der Waals surface area contributed by atoms with Gasteiger partial charge in [-0.3, -0.25) is 4.79 Å². The maximum Gasteiger partial charge on any atom is 0.326 e. The summed E-state index contributed by atoms with van der Waals surface area (Å²) in [7, 11) is 0. The summed E-state index contributed by atoms with van der Waals surface area (Å²) in [5.74, 6) is -0.460. The first kappa shape index (κ1) is 26.9. The lowest BCUT2D eigenvalue weighted by atomic mass is 10.0. The number of carboxylic acid groups (broad SMARTS) is 1. The molecule has 0 aromatic heterocycles. The van der Waals surface area contributed by atoms with Gasteiger partial charge in [0.25, 0.3) is 0 Å². The number of carbonyl (C=O) groups excluding carboxylic acids is 1. The van der Waals surface area contributed by atoms with Gasteiger partial charge in [-0.2, -0.15) is 0 Å². The van der Waals surface area contributed by atoms with Crippen LogP contribution in [0.3, 0.4) is 0 Å². The molecule has 0 aliphatic rings. The van der Waals surface area contributed by atoms with E-state index < -0.39 is 12.0 Å². The van der Waals surface area contributed by atoms with E-state index in [4.69, 9.17) is 0 Å². The van der Waals surface area contributed by atoms with Gasteiger partial charge in [-0.1, -0.05) is 111 Å². The van der Waals surface area contributed by atoms with Gasteiger partial charge in [0.1, 0.15) is 6.04 Å². The van der Waals surface area contributed by atoms with Crippen molar-refractivity contribution in [3.05, 3.63) is 0 Å². The van der Waals surface area contributed by atoms with E-state index in [1.165, 1.54) is 70.6 Å². The van der Waals surface area contributed by atoms with Gasteiger partial charge in [-0.15, -0.1) is 0 Å². The molecule has 0 spiro atoms. The normalized spacial score (nSPS) is 12.3. The molecule has 0 aromatic rings. The van der Waals surface area contributed by atoms with Crippen LogP contribution in [0.1, 0.15) is 130 Å². The van der Waals surface area contributed by atoms with Crippen LogP contribution in [-0.2, 0) is 9.59 Å². The zero-order chi connectivity index (χ0) is 21.0. The van der Waals surface area contributed by atoms with Crippen molar-refractivity contribution in [3.8, 4) is 0 Å². The second-order valence-electron chi connectivity index (χ2n) is 8.78. The van der Waals surface area contributed by atoms with E-state index in [-0.39, 0.29) is 5.91 Å². The Morgan fingerprint density at radius 2 is 1.18 bits per heavy atom. The Balaban J connectivity index is 3.53. The molecular weight excluding hydrogens is 350 g/mol. The van der Waals surface area contributed by atoms with Gasteiger partial charge in [0.2, 0.25) is 5.91 Å². The smallest absolute Gasteiger partial charge is 0.326 e. The predicted octanol–water partition coefficient (Wildman–Crippen LogP) is 6.86. The maximum atomic E-state index is 12.0. The summed E-state index contributed by atoms with van der Waals surface area (Å²) in [5, 5.41) is 12.0. The molecule has 0 unspecified atom stereocenters. The van der Waals surface area contributed by atoms with Crippen LogP contribution in [0.2, 0.25) is 0 Å². The summed E-state index contributed by atoms with van der Waals surface area (Å²) in [6.07, 6.45) is 19.5. The SMILES string of the molecule is CCCCCCCCCCCCCCCC(=O)N[C@H](CCCC(C)C)C(=O)O. The van der Waals surface area contributed by atoms with Crippen LogP contribution < -0.4 is 5.32 Å². The molecule has 2 N–H and O–H groups in total. The highest BCUT2D eigenvalue weighted by Gasteiger charge is 2.19. The van der Waals surface area contributed by atoms with E-state index in [0.29, 0.717) is 18.8 Å². The number of unbranched alkanes of at least 4 members (excludes halogenated alkanes) is 12. The van der Waals surface area contributed by atoms with E-state index in [1.807, 2.05) is 0 Å². The van der Waals surface area contributed by atoms with Crippen molar-refractivity contribution >= 4 is 11.9 Å². The molecule has 0 saturated carbocycles. The quantitative estimate of drug-likeness (QED) is 0.220. The molecule has 4 nitrogen and oxygen atoms in total. The Morgan fingerprint density at radius 3 is 1.61 bits per heavy atom. The number of aliphatic carboxylic acids is 1. The number of rotatable bonds is 20. The Morgan fingerprint density at radius 1 is 0.714 bits per heavy atom. The van der Waals surface area contributed by atoms with Gasteiger partial charge in [0.15, 0.2) is 0 Å². The third-order valence-corrected chi connectivity index (χ3v) is 5.41. The summed E-state index contributed by atoms with van der Waals surface area (Å²) in [5.41, 5.74) is 0. The molecule has 0 aliphatic heterocycles. The summed E-state index contributed by atoms with van der Waals surface area (Å²) < 4.78 is 0. The lowest BCUT2D eigenvalue weighted by Crippen LogP contribution is -2.40. The van der Waals surface area contributed by atoms with Gasteiger partial charge < -0.3 is 10.4 Å². The number of carboxylic acids is 1. The largest absolute Gasteiger partial charge is 0.480 e. The van der Waals surface area contributed by atoms with E-state index in [9.17, 15) is 14.7 Å². The van der Waals surface area contributed by atoms with Crippen LogP contribution in [0.5, 0.6) is 0 Å². The predicted molar refractivity (Wildman–Crippen MR) is 119 cm³/mol. The van der Waals surface area contributed by atoms with Crippen molar-refractivity contribution in [2.45, 2.75) is 136 Å². The van der Waals surface area contributed by atoms with Crippen molar-refractivity contribution in [3.63, 3.8) is 0 Å². The Labute approximate surface area is 174 Å². The average Bonchev–Trinajstić information content (AvgIpc) is 2.64. The summed E-state index contributed by atoms with van der Waals surface area (Å²) >= 11 is 0. The first-order chi connectivity index (χ1) is 13.5. The molecule has 0 rings (SSSR count). The Hall–Kier alpha value is -1.06. The van der Waals surface area contributed by atoms with Crippen molar-refractivity contribution in [1.82, 2.24) is 5.32 Å². The van der Waals surface area contributed by atoms with Crippen molar-refractivity contribution < 1.29 is 14.7 Å². The summed E-state index contributed by atoms with van der Waals surface area (Å²) in [4.78, 5) is 23.3. The molecule has 1 atom stereocenters. The third kappa shape index (κ3) is 18.3. The topological polar surface area (TPSA) is 66.4 Å². The molecule has 1 amide bonds. The number of carbonyl (C=O) groups is 2. The van der Waals surface area contributed by atoms with Crippen LogP contribution in [0.4, 0.5) is 0 Å². The molecule has 0 bridgehead atoms. The minimum atomic E-state index is -0.914. The highest BCUT2D eigenvalue weighted by molar-refractivity contribution is 5.83. The zero-order valence-corrected chi connectivity index (χ0v) is 18.9. The average molecular weight is 398 g/mol. The highest BCUT2D eigenvalue weighted by Crippen LogP contribution is 2.13. The van der Waals surface area contributed by atoms with E-state index in [1.54, 1.807) is 0 Å². The molecular formula is C24H47NO3. The van der Waals surface area contributed by atoms with E-state index >= 15 is 0 Å². The molecule has 4 heteroatoms. The summed E-state index contributed by atoms with van der Waals surface area (Å²) in [6.45, 7) is 6.51. The molecule has 0 saturated heterocycles. The number of nitrogens with one attached hydrogen (secondary N) is 1. The van der Waals surface area contributed by atoms with Gasteiger partial charge in [0, 0.05) is 6.42 Å². The van der Waals surface area contributed by atoms with Crippen LogP contribution in [0.15, 0.2) is 0 Å². The second-order valence-corrected chi connectivity index (χ2v) is 8.78. The molecule has 0 radical (unpaired) electrons.